The van der Waals surface area contributed by atoms with Crippen molar-refractivity contribution in [3.05, 3.63) is 77.4 Å². The van der Waals surface area contributed by atoms with Gasteiger partial charge < -0.3 is 45.4 Å². The topological polar surface area (TPSA) is 150 Å². The summed E-state index contributed by atoms with van der Waals surface area (Å²) in [4.78, 5) is 41.0. The third-order valence-corrected chi connectivity index (χ3v) is 13.9. The molecule has 1 aliphatic heterocycles. The average Bonchev–Trinajstić information content (AvgIpc) is 3.59. The molecule has 13 nitrogen and oxygen atoms in total. The maximum absolute atomic E-state index is 14.4. The van der Waals surface area contributed by atoms with Crippen LogP contribution in [0.15, 0.2) is 60.7 Å². The number of nitrogens with zero attached hydrogens (tertiary/aromatic N) is 4. The van der Waals surface area contributed by atoms with Crippen molar-refractivity contribution in [2.24, 2.45) is 29.1 Å². The molecule has 2 amide bonds. The zero-order chi connectivity index (χ0) is 44.3. The lowest BCUT2D eigenvalue weighted by Crippen LogP contribution is -2.62. The summed E-state index contributed by atoms with van der Waals surface area (Å²) in [6, 6.07) is 18.6. The number of fused-ring (bicyclic) bond motifs is 2. The van der Waals surface area contributed by atoms with Crippen molar-refractivity contribution in [3.8, 4) is 16.9 Å². The van der Waals surface area contributed by atoms with Gasteiger partial charge in [-0.3, -0.25) is 14.4 Å². The molecule has 4 fully saturated rings. The molecular formula is C48H70N6O7. The number of hydrogen-bond acceptors (Lipinski definition) is 11. The van der Waals surface area contributed by atoms with Crippen molar-refractivity contribution >= 4 is 23.2 Å². The molecule has 2 bridgehead atoms. The number of carbonyl (C=O) groups is 2. The van der Waals surface area contributed by atoms with Gasteiger partial charge in [0, 0.05) is 80.3 Å². The molecule has 9 atom stereocenters. The van der Waals surface area contributed by atoms with Gasteiger partial charge in [0.2, 0.25) is 5.91 Å². The zero-order valence-corrected chi connectivity index (χ0v) is 37.9. The highest BCUT2D eigenvalue weighted by Gasteiger charge is 2.57. The molecule has 61 heavy (non-hydrogen) atoms. The molecule has 13 heteroatoms. The summed E-state index contributed by atoms with van der Waals surface area (Å²) in [5.41, 5.74) is 5.95. The zero-order valence-electron chi connectivity index (χ0n) is 37.9. The van der Waals surface area contributed by atoms with Gasteiger partial charge in [0.05, 0.1) is 33.0 Å². The summed E-state index contributed by atoms with van der Waals surface area (Å²) in [6.07, 6.45) is 1.01. The number of benzene rings is 3. The van der Waals surface area contributed by atoms with Crippen molar-refractivity contribution in [1.82, 2.24) is 20.6 Å². The third-order valence-electron chi connectivity index (χ3n) is 13.9. The molecule has 3 aliphatic carbocycles. The second-order valence-electron chi connectivity index (χ2n) is 18.8. The fourth-order valence-corrected chi connectivity index (χ4v) is 10.4. The normalized spacial score (nSPS) is 25.4. The van der Waals surface area contributed by atoms with Crippen molar-refractivity contribution in [2.45, 2.75) is 83.8 Å². The summed E-state index contributed by atoms with van der Waals surface area (Å²) in [5, 5.41) is 39.3. The van der Waals surface area contributed by atoms with E-state index in [0.29, 0.717) is 48.6 Å². The number of amides is 2. The Labute approximate surface area is 363 Å². The van der Waals surface area contributed by atoms with E-state index >= 15 is 0 Å². The van der Waals surface area contributed by atoms with Crippen LogP contribution in [0, 0.1) is 29.1 Å². The first-order valence-electron chi connectivity index (χ1n) is 21.9. The monoisotopic (exact) mass is 843 g/mol. The molecule has 1 heterocycles. The molecule has 0 spiro atoms. The van der Waals surface area contributed by atoms with E-state index in [-0.39, 0.29) is 49.1 Å². The second kappa shape index (κ2) is 19.4. The van der Waals surface area contributed by atoms with Crippen molar-refractivity contribution in [1.29, 1.82) is 0 Å². The van der Waals surface area contributed by atoms with Crippen LogP contribution in [0.5, 0.6) is 5.75 Å². The molecular weight excluding hydrogens is 773 g/mol. The molecule has 7 rings (SSSR count). The van der Waals surface area contributed by atoms with Gasteiger partial charge in [-0.25, -0.2) is 0 Å². The van der Waals surface area contributed by atoms with Crippen LogP contribution >= 0.6 is 0 Å². The Morgan fingerprint density at radius 3 is 2.34 bits per heavy atom. The number of hydrogen-bond donors (Lipinski definition) is 5. The van der Waals surface area contributed by atoms with Crippen LogP contribution in [0.1, 0.15) is 62.0 Å². The van der Waals surface area contributed by atoms with E-state index < -0.39 is 24.2 Å². The smallest absolute Gasteiger partial charge is 0.251 e. The Bertz CT molecular complexity index is 1990. The van der Waals surface area contributed by atoms with Crippen LogP contribution in [-0.2, 0) is 22.6 Å². The number of para-hydroxylation sites is 2. The lowest BCUT2D eigenvalue weighted by atomic mass is 9.45. The van der Waals surface area contributed by atoms with Crippen LogP contribution in [0.3, 0.4) is 0 Å². The average molecular weight is 843 g/mol. The highest BCUT2D eigenvalue weighted by Crippen LogP contribution is 2.61. The number of aliphatic hydroxyl groups excluding tert-OH is 3. The predicted octanol–water partition coefficient (Wildman–Crippen LogP) is 4.42. The van der Waals surface area contributed by atoms with E-state index in [0.717, 1.165) is 40.0 Å². The van der Waals surface area contributed by atoms with Gasteiger partial charge in [-0.15, -0.1) is 0 Å². The number of likely N-dealkylation sites (N-methyl/N-ethyl adjacent to an activating group) is 2. The highest BCUT2D eigenvalue weighted by atomic mass is 16.7. The van der Waals surface area contributed by atoms with E-state index in [2.05, 4.69) is 42.4 Å². The molecule has 0 unspecified atom stereocenters. The second-order valence-corrected chi connectivity index (χ2v) is 18.8. The third kappa shape index (κ3) is 9.87. The number of nitrogens with one attached hydrogen (secondary N) is 2. The SMILES string of the molecule is COc1c(CN2O[C@@H](CO)[C@@H]([C@H](C)O)[C@H]2C(=O)N[C@H]2C[C@H]3C[C@@H]([C@@H]2C)C3(C)C)cccc1-c1cc(C(=O)N[C@@H](Cc2ccccc2N(C)CCO)CN(C)C)cc(N(C)C)c1. The Morgan fingerprint density at radius 1 is 1.00 bits per heavy atom. The number of ether oxygens (including phenoxy) is 1. The fraction of sp³-hybridized carbons (Fsp3) is 0.583. The van der Waals surface area contributed by atoms with Gasteiger partial charge >= 0.3 is 0 Å². The fourth-order valence-electron chi connectivity index (χ4n) is 10.4. The maximum atomic E-state index is 14.4. The molecule has 5 N–H and O–H groups in total. The van der Waals surface area contributed by atoms with Crippen molar-refractivity contribution in [3.63, 3.8) is 0 Å². The first-order chi connectivity index (χ1) is 29.0. The number of methoxy groups -OCH3 is 1. The number of aliphatic hydroxyl groups is 3. The van der Waals surface area contributed by atoms with Gasteiger partial charge in [-0.2, -0.15) is 5.06 Å². The summed E-state index contributed by atoms with van der Waals surface area (Å²) in [7, 11) is 11.4. The lowest BCUT2D eigenvalue weighted by Gasteiger charge is -2.62. The summed E-state index contributed by atoms with van der Waals surface area (Å²) < 4.78 is 6.14. The minimum Gasteiger partial charge on any atom is -0.496 e. The quantitative estimate of drug-likeness (QED) is 0.124. The van der Waals surface area contributed by atoms with Crippen LogP contribution in [-0.4, -0.2) is 136 Å². The van der Waals surface area contributed by atoms with E-state index in [1.807, 2.05) is 99.6 Å². The maximum Gasteiger partial charge on any atom is 0.251 e. The van der Waals surface area contributed by atoms with Crippen LogP contribution < -0.4 is 25.2 Å². The van der Waals surface area contributed by atoms with Gasteiger partial charge in [0.15, 0.2) is 0 Å². The number of hydroxylamine groups is 2. The molecule has 0 aromatic heterocycles. The molecule has 3 aromatic rings. The molecule has 4 aliphatic rings. The van der Waals surface area contributed by atoms with E-state index in [9.17, 15) is 24.9 Å². The first kappa shape index (κ1) is 46.3. The summed E-state index contributed by atoms with van der Waals surface area (Å²) in [5.74, 6) is 0.903. The molecule has 1 saturated heterocycles. The first-order valence-corrected chi connectivity index (χ1v) is 21.9. The van der Waals surface area contributed by atoms with Crippen LogP contribution in [0.25, 0.3) is 11.1 Å². The predicted molar refractivity (Wildman–Crippen MR) is 241 cm³/mol. The molecule has 334 valence electrons. The number of anilines is 2. The summed E-state index contributed by atoms with van der Waals surface area (Å²) in [6.45, 7) is 9.50. The Balaban J connectivity index is 1.28. The van der Waals surface area contributed by atoms with Gasteiger partial charge in [-0.1, -0.05) is 57.2 Å². The Kier molecular flexibility index (Phi) is 14.7. The largest absolute Gasteiger partial charge is 0.496 e. The standard InChI is InChI=1S/C48H70N6O7/c1-29-39-24-35(48(39,3)4)25-40(29)50-47(59)44-43(30(2)57)42(28-56)61-54(44)26-32-15-13-16-38(45(32)60-10)33-20-34(23-37(22-33)52(7)8)46(58)49-36(27-51(5)6)21-31-14-11-12-17-41(31)53(9)18-19-55/h11-17,20,22-23,29-30,35-36,39-40,42-44,55-57H,18-19,21,24-28H2,1-10H3,(H,49,58)(H,50,59)/t29-,30-,35+,36-,39-,40-,42-,43+,44-/m0/s1. The number of rotatable bonds is 18. The van der Waals surface area contributed by atoms with Crippen LogP contribution in [0.4, 0.5) is 11.4 Å². The molecule has 0 radical (unpaired) electrons. The van der Waals surface area contributed by atoms with E-state index in [1.54, 1.807) is 19.1 Å². The highest BCUT2D eigenvalue weighted by molar-refractivity contribution is 5.97. The van der Waals surface area contributed by atoms with E-state index in [1.165, 1.54) is 6.42 Å². The number of carbonyl (C=O) groups excluding carboxylic acids is 2. The molecule has 3 saturated carbocycles. The van der Waals surface area contributed by atoms with Gasteiger partial charge in [-0.05, 0) is 98.8 Å². The summed E-state index contributed by atoms with van der Waals surface area (Å²) >= 11 is 0. The Morgan fingerprint density at radius 2 is 1.72 bits per heavy atom. The van der Waals surface area contributed by atoms with Gasteiger partial charge in [0.1, 0.15) is 17.9 Å². The minimum absolute atomic E-state index is 0.0229. The minimum atomic E-state index is -0.916. The van der Waals surface area contributed by atoms with E-state index in [4.69, 9.17) is 9.57 Å². The van der Waals surface area contributed by atoms with Crippen LogP contribution in [0.2, 0.25) is 0 Å². The Hall–Kier alpha value is -4.24. The van der Waals surface area contributed by atoms with Crippen molar-refractivity contribution in [2.75, 3.05) is 78.5 Å². The molecule has 3 aromatic carbocycles. The van der Waals surface area contributed by atoms with Gasteiger partial charge in [0.25, 0.3) is 5.91 Å². The lowest BCUT2D eigenvalue weighted by molar-refractivity contribution is -0.183. The van der Waals surface area contributed by atoms with Crippen molar-refractivity contribution < 1.29 is 34.5 Å².